The molecule has 0 radical (unpaired) electrons. The summed E-state index contributed by atoms with van der Waals surface area (Å²) in [5.74, 6) is 0. The van der Waals surface area contributed by atoms with Crippen LogP contribution < -0.4 is 10.6 Å². The van der Waals surface area contributed by atoms with Gasteiger partial charge in [0.25, 0.3) is 0 Å². The van der Waals surface area contributed by atoms with Gasteiger partial charge in [-0.05, 0) is 44.9 Å². The number of nitrogens with zero attached hydrogens (tertiary/aromatic N) is 1. The second kappa shape index (κ2) is 6.45. The van der Waals surface area contributed by atoms with Crippen molar-refractivity contribution < 1.29 is 0 Å². The lowest BCUT2D eigenvalue weighted by Crippen LogP contribution is -2.34. The van der Waals surface area contributed by atoms with Gasteiger partial charge < -0.3 is 15.5 Å². The fraction of sp³-hybridized carbons (Fsp3) is 0.417. The number of thiocarbonyl (C=S) groups is 1. The van der Waals surface area contributed by atoms with E-state index in [-0.39, 0.29) is 0 Å². The van der Waals surface area contributed by atoms with Gasteiger partial charge in [0.15, 0.2) is 5.11 Å². The average Bonchev–Trinajstić information content (AvgIpc) is 2.21. The summed E-state index contributed by atoms with van der Waals surface area (Å²) < 4.78 is 0. The molecular weight excluding hydrogens is 218 g/mol. The van der Waals surface area contributed by atoms with E-state index >= 15 is 0 Å². The Morgan fingerprint density at radius 3 is 2.62 bits per heavy atom. The van der Waals surface area contributed by atoms with E-state index in [1.807, 2.05) is 32.3 Å². The van der Waals surface area contributed by atoms with Crippen LogP contribution in [0.25, 0.3) is 0 Å². The minimum Gasteiger partial charge on any atom is -0.361 e. The molecule has 16 heavy (non-hydrogen) atoms. The number of anilines is 1. The molecule has 1 aromatic carbocycles. The molecule has 1 aromatic rings. The molecule has 4 heteroatoms. The van der Waals surface area contributed by atoms with E-state index in [1.165, 1.54) is 5.56 Å². The van der Waals surface area contributed by atoms with Crippen molar-refractivity contribution in [1.82, 2.24) is 10.2 Å². The van der Waals surface area contributed by atoms with Gasteiger partial charge in [-0.3, -0.25) is 0 Å². The number of para-hydroxylation sites is 1. The van der Waals surface area contributed by atoms with Crippen LogP contribution in [0.2, 0.25) is 0 Å². The normalized spacial score (nSPS) is 10.2. The topological polar surface area (TPSA) is 27.3 Å². The van der Waals surface area contributed by atoms with Crippen LogP contribution in [0.4, 0.5) is 5.69 Å². The average molecular weight is 237 g/mol. The third-order valence-electron chi connectivity index (χ3n) is 2.24. The molecule has 0 aliphatic heterocycles. The Hall–Kier alpha value is -1.13. The van der Waals surface area contributed by atoms with Crippen LogP contribution in [0.1, 0.15) is 5.56 Å². The van der Waals surface area contributed by atoms with Gasteiger partial charge in [0.1, 0.15) is 0 Å². The van der Waals surface area contributed by atoms with Gasteiger partial charge in [-0.25, -0.2) is 0 Å². The zero-order valence-corrected chi connectivity index (χ0v) is 10.9. The summed E-state index contributed by atoms with van der Waals surface area (Å²) in [6.07, 6.45) is 0. The van der Waals surface area contributed by atoms with E-state index in [0.717, 1.165) is 18.8 Å². The standard InChI is InChI=1S/C12H19N3S/c1-10-6-4-5-7-11(10)14-12(16)13-8-9-15(2)3/h4-7H,8-9H2,1-3H3,(H2,13,14,16). The van der Waals surface area contributed by atoms with Gasteiger partial charge in [0.2, 0.25) is 0 Å². The number of hydrogen-bond donors (Lipinski definition) is 2. The van der Waals surface area contributed by atoms with Crippen molar-refractivity contribution in [2.45, 2.75) is 6.92 Å². The van der Waals surface area contributed by atoms with E-state index < -0.39 is 0 Å². The summed E-state index contributed by atoms with van der Waals surface area (Å²) in [6.45, 7) is 3.88. The summed E-state index contributed by atoms with van der Waals surface area (Å²) in [7, 11) is 4.08. The molecule has 2 N–H and O–H groups in total. The minimum atomic E-state index is 0.677. The fourth-order valence-corrected chi connectivity index (χ4v) is 1.48. The number of hydrogen-bond acceptors (Lipinski definition) is 2. The first-order valence-corrected chi connectivity index (χ1v) is 5.75. The Morgan fingerprint density at radius 1 is 1.31 bits per heavy atom. The van der Waals surface area contributed by atoms with Crippen LogP contribution in [0, 0.1) is 6.92 Å². The van der Waals surface area contributed by atoms with E-state index in [1.54, 1.807) is 0 Å². The molecule has 88 valence electrons. The van der Waals surface area contributed by atoms with Crippen LogP contribution in [-0.2, 0) is 0 Å². The Kier molecular flexibility index (Phi) is 5.22. The smallest absolute Gasteiger partial charge is 0.170 e. The first-order chi connectivity index (χ1) is 7.59. The highest BCUT2D eigenvalue weighted by atomic mass is 32.1. The Balaban J connectivity index is 2.37. The van der Waals surface area contributed by atoms with Gasteiger partial charge in [0.05, 0.1) is 0 Å². The number of nitrogens with one attached hydrogen (secondary N) is 2. The molecule has 0 aliphatic carbocycles. The first-order valence-electron chi connectivity index (χ1n) is 5.35. The highest BCUT2D eigenvalue weighted by Crippen LogP contribution is 2.12. The van der Waals surface area contributed by atoms with Crippen LogP contribution in [-0.4, -0.2) is 37.2 Å². The lowest BCUT2D eigenvalue weighted by Gasteiger charge is -2.14. The number of aryl methyl sites for hydroxylation is 1. The zero-order chi connectivity index (χ0) is 12.0. The largest absolute Gasteiger partial charge is 0.361 e. The molecular formula is C12H19N3S. The molecule has 0 spiro atoms. The summed E-state index contributed by atoms with van der Waals surface area (Å²) in [4.78, 5) is 2.11. The summed E-state index contributed by atoms with van der Waals surface area (Å²) in [5.41, 5.74) is 2.25. The predicted molar refractivity (Wildman–Crippen MR) is 74.0 cm³/mol. The fourth-order valence-electron chi connectivity index (χ4n) is 1.27. The van der Waals surface area contributed by atoms with Gasteiger partial charge >= 0.3 is 0 Å². The van der Waals surface area contributed by atoms with Crippen molar-refractivity contribution >= 4 is 23.0 Å². The van der Waals surface area contributed by atoms with Crippen LogP contribution in [0.3, 0.4) is 0 Å². The molecule has 0 saturated heterocycles. The number of rotatable bonds is 4. The number of benzene rings is 1. The molecule has 1 rings (SSSR count). The monoisotopic (exact) mass is 237 g/mol. The SMILES string of the molecule is Cc1ccccc1NC(=S)NCCN(C)C. The molecule has 0 bridgehead atoms. The first kappa shape index (κ1) is 12.9. The van der Waals surface area contributed by atoms with E-state index in [0.29, 0.717) is 5.11 Å². The molecule has 0 saturated carbocycles. The molecule has 0 heterocycles. The summed E-state index contributed by atoms with van der Waals surface area (Å²) >= 11 is 5.21. The second-order valence-electron chi connectivity index (χ2n) is 4.00. The predicted octanol–water partition coefficient (Wildman–Crippen LogP) is 1.84. The Labute approximate surface area is 103 Å². The lowest BCUT2D eigenvalue weighted by molar-refractivity contribution is 0.413. The maximum Gasteiger partial charge on any atom is 0.170 e. The van der Waals surface area contributed by atoms with Crippen LogP contribution in [0.15, 0.2) is 24.3 Å². The molecule has 0 aliphatic rings. The molecule has 0 amide bonds. The molecule has 3 nitrogen and oxygen atoms in total. The maximum absolute atomic E-state index is 5.21. The second-order valence-corrected chi connectivity index (χ2v) is 4.41. The quantitative estimate of drug-likeness (QED) is 0.782. The highest BCUT2D eigenvalue weighted by molar-refractivity contribution is 7.80. The van der Waals surface area contributed by atoms with Crippen LogP contribution >= 0.6 is 12.2 Å². The maximum atomic E-state index is 5.21. The van der Waals surface area contributed by atoms with Crippen molar-refractivity contribution in [3.05, 3.63) is 29.8 Å². The third kappa shape index (κ3) is 4.59. The van der Waals surface area contributed by atoms with Crippen molar-refractivity contribution in [2.24, 2.45) is 0 Å². The van der Waals surface area contributed by atoms with Gasteiger partial charge in [-0.2, -0.15) is 0 Å². The van der Waals surface area contributed by atoms with E-state index in [4.69, 9.17) is 12.2 Å². The van der Waals surface area contributed by atoms with Gasteiger partial charge in [0, 0.05) is 18.8 Å². The molecule has 0 fully saturated rings. The summed E-state index contributed by atoms with van der Waals surface area (Å²) in [6, 6.07) is 8.10. The van der Waals surface area contributed by atoms with Crippen molar-refractivity contribution in [3.8, 4) is 0 Å². The number of likely N-dealkylation sites (N-methyl/N-ethyl adjacent to an activating group) is 1. The van der Waals surface area contributed by atoms with Gasteiger partial charge in [-0.1, -0.05) is 18.2 Å². The highest BCUT2D eigenvalue weighted by Gasteiger charge is 1.99. The van der Waals surface area contributed by atoms with Crippen molar-refractivity contribution in [2.75, 3.05) is 32.5 Å². The Morgan fingerprint density at radius 2 is 2.00 bits per heavy atom. The summed E-state index contributed by atoms with van der Waals surface area (Å²) in [5, 5.41) is 7.03. The Bertz CT molecular complexity index is 350. The van der Waals surface area contributed by atoms with E-state index in [9.17, 15) is 0 Å². The van der Waals surface area contributed by atoms with Crippen molar-refractivity contribution in [3.63, 3.8) is 0 Å². The molecule has 0 aromatic heterocycles. The van der Waals surface area contributed by atoms with Gasteiger partial charge in [-0.15, -0.1) is 0 Å². The third-order valence-corrected chi connectivity index (χ3v) is 2.48. The van der Waals surface area contributed by atoms with E-state index in [2.05, 4.69) is 28.5 Å². The zero-order valence-electron chi connectivity index (χ0n) is 10.1. The molecule has 0 unspecified atom stereocenters. The van der Waals surface area contributed by atoms with Crippen LogP contribution in [0.5, 0.6) is 0 Å². The lowest BCUT2D eigenvalue weighted by atomic mass is 10.2. The minimum absolute atomic E-state index is 0.677. The molecule has 0 atom stereocenters. The van der Waals surface area contributed by atoms with Crippen molar-refractivity contribution in [1.29, 1.82) is 0 Å².